The smallest absolute Gasteiger partial charge is 0.226 e. The van der Waals surface area contributed by atoms with Gasteiger partial charge in [0, 0.05) is 19.7 Å². The Hall–Kier alpha value is -1.52. The fraction of sp³-hybridized carbons (Fsp3) is 0.667. The largest absolute Gasteiger partial charge is 0.383 e. The first-order valence-corrected chi connectivity index (χ1v) is 6.32. The third kappa shape index (κ3) is 5.38. The molecule has 96 valence electrons. The van der Waals surface area contributed by atoms with E-state index in [1.54, 1.807) is 13.1 Å². The standard InChI is InChI=1S/C12H23N5/c1-3-4-5-6-7-8-15-11-9-10(13)16-12(14-2)17-11/h9H,3-8H2,1-2H3,(H4,13,14,15,16,17). The highest BCUT2D eigenvalue weighted by atomic mass is 15.1. The molecule has 0 aromatic carbocycles. The van der Waals surface area contributed by atoms with Crippen LogP contribution in [0.2, 0.25) is 0 Å². The minimum atomic E-state index is 0.484. The minimum absolute atomic E-state index is 0.484. The molecule has 0 aliphatic heterocycles. The number of anilines is 3. The van der Waals surface area contributed by atoms with Gasteiger partial charge >= 0.3 is 0 Å². The number of aromatic nitrogens is 2. The topological polar surface area (TPSA) is 75.9 Å². The Morgan fingerprint density at radius 1 is 1.18 bits per heavy atom. The first kappa shape index (κ1) is 13.5. The van der Waals surface area contributed by atoms with Gasteiger partial charge in [0.1, 0.15) is 11.6 Å². The maximum atomic E-state index is 5.67. The number of nitrogens with two attached hydrogens (primary N) is 1. The van der Waals surface area contributed by atoms with Gasteiger partial charge in [-0.1, -0.05) is 32.6 Å². The molecule has 0 atom stereocenters. The predicted molar refractivity (Wildman–Crippen MR) is 73.2 cm³/mol. The molecule has 0 unspecified atom stereocenters. The number of nitrogens with one attached hydrogen (secondary N) is 2. The average molecular weight is 237 g/mol. The number of unbranched alkanes of at least 4 members (excludes halogenated alkanes) is 4. The molecule has 1 aromatic heterocycles. The molecule has 0 spiro atoms. The van der Waals surface area contributed by atoms with E-state index in [9.17, 15) is 0 Å². The van der Waals surface area contributed by atoms with Crippen molar-refractivity contribution in [2.45, 2.75) is 39.0 Å². The Kier molecular flexibility index (Phi) is 6.14. The quantitative estimate of drug-likeness (QED) is 0.606. The summed E-state index contributed by atoms with van der Waals surface area (Å²) in [7, 11) is 1.78. The summed E-state index contributed by atoms with van der Waals surface area (Å²) in [4.78, 5) is 8.31. The first-order chi connectivity index (χ1) is 8.26. The lowest BCUT2D eigenvalue weighted by molar-refractivity contribution is 0.645. The lowest BCUT2D eigenvalue weighted by atomic mass is 10.1. The third-order valence-corrected chi connectivity index (χ3v) is 2.56. The fourth-order valence-electron chi connectivity index (χ4n) is 1.61. The fourth-order valence-corrected chi connectivity index (χ4v) is 1.61. The van der Waals surface area contributed by atoms with Gasteiger partial charge < -0.3 is 16.4 Å². The van der Waals surface area contributed by atoms with Gasteiger partial charge in [0.05, 0.1) is 0 Å². The van der Waals surface area contributed by atoms with Crippen LogP contribution < -0.4 is 16.4 Å². The molecule has 1 rings (SSSR count). The third-order valence-electron chi connectivity index (χ3n) is 2.56. The van der Waals surface area contributed by atoms with E-state index in [4.69, 9.17) is 5.73 Å². The number of hydrogen-bond donors (Lipinski definition) is 3. The zero-order chi connectivity index (χ0) is 12.5. The Morgan fingerprint density at radius 3 is 2.65 bits per heavy atom. The molecule has 0 aliphatic carbocycles. The van der Waals surface area contributed by atoms with Crippen molar-refractivity contribution < 1.29 is 0 Å². The molecule has 0 saturated heterocycles. The molecular formula is C12H23N5. The van der Waals surface area contributed by atoms with Gasteiger partial charge in [-0.25, -0.2) is 0 Å². The van der Waals surface area contributed by atoms with Crippen LogP contribution in [0.3, 0.4) is 0 Å². The molecule has 0 amide bonds. The van der Waals surface area contributed by atoms with Crippen molar-refractivity contribution in [3.05, 3.63) is 6.07 Å². The Labute approximate surface area is 103 Å². The van der Waals surface area contributed by atoms with Crippen molar-refractivity contribution >= 4 is 17.6 Å². The monoisotopic (exact) mass is 237 g/mol. The van der Waals surface area contributed by atoms with E-state index in [-0.39, 0.29) is 0 Å². The van der Waals surface area contributed by atoms with Crippen molar-refractivity contribution in [1.82, 2.24) is 9.97 Å². The van der Waals surface area contributed by atoms with Gasteiger partial charge in [0.2, 0.25) is 5.95 Å². The van der Waals surface area contributed by atoms with Crippen molar-refractivity contribution in [2.24, 2.45) is 0 Å². The van der Waals surface area contributed by atoms with E-state index in [0.29, 0.717) is 11.8 Å². The van der Waals surface area contributed by atoms with E-state index in [1.807, 2.05) is 0 Å². The summed E-state index contributed by atoms with van der Waals surface area (Å²) in [6.45, 7) is 3.16. The van der Waals surface area contributed by atoms with E-state index in [1.165, 1.54) is 32.1 Å². The van der Waals surface area contributed by atoms with Gasteiger partial charge in [0.15, 0.2) is 0 Å². The van der Waals surface area contributed by atoms with Crippen LogP contribution in [-0.2, 0) is 0 Å². The van der Waals surface area contributed by atoms with E-state index in [2.05, 4.69) is 27.5 Å². The van der Waals surface area contributed by atoms with Crippen molar-refractivity contribution in [1.29, 1.82) is 0 Å². The zero-order valence-electron chi connectivity index (χ0n) is 10.8. The summed E-state index contributed by atoms with van der Waals surface area (Å²) in [6, 6.07) is 1.76. The van der Waals surface area contributed by atoms with Gasteiger partial charge in [-0.05, 0) is 6.42 Å². The SMILES string of the molecule is CCCCCCCNc1cc(N)nc(NC)n1. The van der Waals surface area contributed by atoms with Crippen LogP contribution in [-0.4, -0.2) is 23.6 Å². The molecule has 5 nitrogen and oxygen atoms in total. The van der Waals surface area contributed by atoms with Crippen LogP contribution in [0.15, 0.2) is 6.07 Å². The average Bonchev–Trinajstić information content (AvgIpc) is 2.33. The van der Waals surface area contributed by atoms with Gasteiger partial charge in [-0.15, -0.1) is 0 Å². The number of hydrogen-bond acceptors (Lipinski definition) is 5. The lowest BCUT2D eigenvalue weighted by Crippen LogP contribution is -2.07. The van der Waals surface area contributed by atoms with Crippen LogP contribution in [0.1, 0.15) is 39.0 Å². The molecule has 0 fully saturated rings. The molecule has 5 heteroatoms. The summed E-state index contributed by atoms with van der Waals surface area (Å²) in [6.07, 6.45) is 6.34. The van der Waals surface area contributed by atoms with E-state index in [0.717, 1.165) is 12.4 Å². The van der Waals surface area contributed by atoms with Gasteiger partial charge in [-0.3, -0.25) is 0 Å². The summed E-state index contributed by atoms with van der Waals surface area (Å²) >= 11 is 0. The molecular weight excluding hydrogens is 214 g/mol. The van der Waals surface area contributed by atoms with E-state index < -0.39 is 0 Å². The predicted octanol–water partition coefficient (Wildman–Crippen LogP) is 2.48. The van der Waals surface area contributed by atoms with Crippen LogP contribution in [0.5, 0.6) is 0 Å². The lowest BCUT2D eigenvalue weighted by Gasteiger charge is -2.07. The molecule has 0 radical (unpaired) electrons. The maximum Gasteiger partial charge on any atom is 0.226 e. The highest BCUT2D eigenvalue weighted by molar-refractivity contribution is 5.49. The Balaban J connectivity index is 2.28. The molecule has 1 aromatic rings. The highest BCUT2D eigenvalue weighted by Gasteiger charge is 2.00. The summed E-state index contributed by atoms with van der Waals surface area (Å²) in [5, 5.41) is 6.15. The number of nitrogen functional groups attached to an aromatic ring is 1. The molecule has 0 aliphatic rings. The molecule has 17 heavy (non-hydrogen) atoms. The highest BCUT2D eigenvalue weighted by Crippen LogP contribution is 2.11. The maximum absolute atomic E-state index is 5.67. The zero-order valence-corrected chi connectivity index (χ0v) is 10.8. The van der Waals surface area contributed by atoms with E-state index >= 15 is 0 Å². The van der Waals surface area contributed by atoms with Crippen molar-refractivity contribution in [2.75, 3.05) is 30.0 Å². The summed E-state index contributed by atoms with van der Waals surface area (Å²) in [5.41, 5.74) is 5.67. The van der Waals surface area contributed by atoms with Crippen LogP contribution in [0.4, 0.5) is 17.6 Å². The second kappa shape index (κ2) is 7.70. The first-order valence-electron chi connectivity index (χ1n) is 6.32. The van der Waals surface area contributed by atoms with Gasteiger partial charge in [0.25, 0.3) is 0 Å². The van der Waals surface area contributed by atoms with Crippen molar-refractivity contribution in [3.8, 4) is 0 Å². The van der Waals surface area contributed by atoms with Crippen LogP contribution >= 0.6 is 0 Å². The summed E-state index contributed by atoms with van der Waals surface area (Å²) < 4.78 is 0. The van der Waals surface area contributed by atoms with Crippen LogP contribution in [0, 0.1) is 0 Å². The summed E-state index contributed by atoms with van der Waals surface area (Å²) in [5.74, 6) is 1.83. The Bertz CT molecular complexity index is 327. The van der Waals surface area contributed by atoms with Crippen LogP contribution in [0.25, 0.3) is 0 Å². The van der Waals surface area contributed by atoms with Gasteiger partial charge in [-0.2, -0.15) is 9.97 Å². The number of rotatable bonds is 8. The Morgan fingerprint density at radius 2 is 1.94 bits per heavy atom. The second-order valence-corrected chi connectivity index (χ2v) is 4.09. The molecule has 0 saturated carbocycles. The molecule has 1 heterocycles. The van der Waals surface area contributed by atoms with Crippen molar-refractivity contribution in [3.63, 3.8) is 0 Å². The molecule has 4 N–H and O–H groups in total. The normalized spacial score (nSPS) is 10.2. The second-order valence-electron chi connectivity index (χ2n) is 4.09. The number of nitrogens with zero attached hydrogens (tertiary/aromatic N) is 2. The molecule has 0 bridgehead atoms. The minimum Gasteiger partial charge on any atom is -0.383 e.